The van der Waals surface area contributed by atoms with Gasteiger partial charge in [0, 0.05) is 13.1 Å². The first-order valence-electron chi connectivity index (χ1n) is 5.95. The van der Waals surface area contributed by atoms with Gasteiger partial charge in [-0.25, -0.2) is 0 Å². The molecule has 0 aromatic heterocycles. The zero-order chi connectivity index (χ0) is 12.7. The molecular formula is C11H18ClF3N2O. The van der Waals surface area contributed by atoms with Crippen molar-refractivity contribution in [2.24, 2.45) is 11.7 Å². The van der Waals surface area contributed by atoms with Crippen LogP contribution < -0.4 is 5.73 Å². The van der Waals surface area contributed by atoms with E-state index in [-0.39, 0.29) is 24.9 Å². The van der Waals surface area contributed by atoms with E-state index in [0.29, 0.717) is 25.3 Å². The second kappa shape index (κ2) is 5.25. The predicted molar refractivity (Wildman–Crippen MR) is 63.4 cm³/mol. The van der Waals surface area contributed by atoms with Crippen molar-refractivity contribution in [3.05, 3.63) is 0 Å². The zero-order valence-electron chi connectivity index (χ0n) is 10.0. The summed E-state index contributed by atoms with van der Waals surface area (Å²) >= 11 is 0. The molecule has 0 unspecified atom stereocenters. The van der Waals surface area contributed by atoms with E-state index in [9.17, 15) is 18.0 Å². The summed E-state index contributed by atoms with van der Waals surface area (Å²) in [5.41, 5.74) is 4.89. The van der Waals surface area contributed by atoms with Crippen LogP contribution in [-0.2, 0) is 4.79 Å². The maximum absolute atomic E-state index is 12.2. The Morgan fingerprint density at radius 1 is 1.33 bits per heavy atom. The Labute approximate surface area is 110 Å². The number of carbonyl (C=O) groups excluding carboxylic acids is 1. The van der Waals surface area contributed by atoms with Crippen molar-refractivity contribution in [3.8, 4) is 0 Å². The van der Waals surface area contributed by atoms with E-state index in [1.165, 1.54) is 4.90 Å². The number of carbonyl (C=O) groups is 1. The Morgan fingerprint density at radius 2 is 1.89 bits per heavy atom. The van der Waals surface area contributed by atoms with Gasteiger partial charge >= 0.3 is 6.18 Å². The van der Waals surface area contributed by atoms with Crippen molar-refractivity contribution >= 4 is 18.3 Å². The van der Waals surface area contributed by atoms with E-state index in [4.69, 9.17) is 5.73 Å². The first-order chi connectivity index (χ1) is 7.80. The average Bonchev–Trinajstić information content (AvgIpc) is 3.08. The van der Waals surface area contributed by atoms with E-state index in [2.05, 4.69) is 0 Å². The Kier molecular flexibility index (Phi) is 4.54. The fourth-order valence-corrected chi connectivity index (χ4v) is 1.81. The van der Waals surface area contributed by atoms with Crippen LogP contribution in [-0.4, -0.2) is 35.6 Å². The second-order valence-corrected chi connectivity index (χ2v) is 5.22. The molecule has 0 radical (unpaired) electrons. The third-order valence-corrected chi connectivity index (χ3v) is 3.34. The normalized spacial score (nSPS) is 21.1. The van der Waals surface area contributed by atoms with Crippen LogP contribution in [0.2, 0.25) is 0 Å². The first kappa shape index (κ1) is 15.6. The molecule has 2 aliphatic carbocycles. The highest BCUT2D eigenvalue weighted by atomic mass is 35.5. The topological polar surface area (TPSA) is 46.3 Å². The Morgan fingerprint density at radius 3 is 2.28 bits per heavy atom. The number of amides is 1. The molecule has 0 heterocycles. The fourth-order valence-electron chi connectivity index (χ4n) is 1.81. The smallest absolute Gasteiger partial charge is 0.340 e. The van der Waals surface area contributed by atoms with E-state index in [1.807, 2.05) is 0 Å². The average molecular weight is 287 g/mol. The van der Waals surface area contributed by atoms with Gasteiger partial charge in [-0.15, -0.1) is 12.4 Å². The molecule has 106 valence electrons. The lowest BCUT2D eigenvalue weighted by atomic mass is 10.2. The van der Waals surface area contributed by atoms with Crippen LogP contribution in [0.25, 0.3) is 0 Å². The van der Waals surface area contributed by atoms with Crippen LogP contribution in [0, 0.1) is 5.92 Å². The highest BCUT2D eigenvalue weighted by Gasteiger charge is 2.49. The van der Waals surface area contributed by atoms with Gasteiger partial charge in [-0.1, -0.05) is 0 Å². The number of nitrogens with two attached hydrogens (primary N) is 1. The fraction of sp³-hybridized carbons (Fsp3) is 0.909. The maximum Gasteiger partial charge on any atom is 0.390 e. The molecular weight excluding hydrogens is 269 g/mol. The Balaban J connectivity index is 0.00000162. The summed E-state index contributed by atoms with van der Waals surface area (Å²) in [5, 5.41) is 0. The summed E-state index contributed by atoms with van der Waals surface area (Å²) in [7, 11) is 0. The number of rotatable bonds is 5. The Hall–Kier alpha value is -0.490. The second-order valence-electron chi connectivity index (χ2n) is 5.22. The molecule has 2 fully saturated rings. The molecule has 2 N–H and O–H groups in total. The highest BCUT2D eigenvalue weighted by Crippen LogP contribution is 2.37. The van der Waals surface area contributed by atoms with E-state index >= 15 is 0 Å². The van der Waals surface area contributed by atoms with Crippen molar-refractivity contribution in [1.29, 1.82) is 0 Å². The quantitative estimate of drug-likeness (QED) is 0.841. The van der Waals surface area contributed by atoms with Crippen molar-refractivity contribution in [2.75, 3.05) is 13.1 Å². The van der Waals surface area contributed by atoms with Crippen LogP contribution in [0.1, 0.15) is 32.1 Å². The molecule has 0 saturated heterocycles. The third kappa shape index (κ3) is 4.31. The number of hydrogen-bond acceptors (Lipinski definition) is 2. The van der Waals surface area contributed by atoms with Crippen LogP contribution in [0.4, 0.5) is 13.2 Å². The van der Waals surface area contributed by atoms with Gasteiger partial charge in [0.2, 0.25) is 5.91 Å². The van der Waals surface area contributed by atoms with Crippen molar-refractivity contribution < 1.29 is 18.0 Å². The van der Waals surface area contributed by atoms with E-state index < -0.39 is 18.1 Å². The van der Waals surface area contributed by atoms with Crippen molar-refractivity contribution in [1.82, 2.24) is 4.90 Å². The van der Waals surface area contributed by atoms with Gasteiger partial charge in [-0.3, -0.25) is 4.79 Å². The molecule has 0 spiro atoms. The summed E-state index contributed by atoms with van der Waals surface area (Å²) < 4.78 is 36.5. The lowest BCUT2D eigenvalue weighted by Gasteiger charge is -2.26. The standard InChI is InChI=1S/C11H17F3N2O.ClH/c12-11(13,14)5-6-16(7-8-1-2-8)9(17)10(15)3-4-10;/h8H,1-7,15H2;1H. The molecule has 0 aromatic carbocycles. The van der Waals surface area contributed by atoms with Gasteiger partial charge in [-0.05, 0) is 31.6 Å². The molecule has 3 nitrogen and oxygen atoms in total. The molecule has 0 atom stereocenters. The molecule has 2 saturated carbocycles. The predicted octanol–water partition coefficient (Wildman–Crippen LogP) is 2.09. The molecule has 18 heavy (non-hydrogen) atoms. The molecule has 1 amide bonds. The van der Waals surface area contributed by atoms with Crippen LogP contribution in [0.15, 0.2) is 0 Å². The highest BCUT2D eigenvalue weighted by molar-refractivity contribution is 5.89. The van der Waals surface area contributed by atoms with Crippen molar-refractivity contribution in [3.63, 3.8) is 0 Å². The van der Waals surface area contributed by atoms with Gasteiger partial charge in [0.05, 0.1) is 12.0 Å². The summed E-state index contributed by atoms with van der Waals surface area (Å²) in [4.78, 5) is 13.3. The Bertz CT molecular complexity index is 314. The third-order valence-electron chi connectivity index (χ3n) is 3.34. The lowest BCUT2D eigenvalue weighted by Crippen LogP contribution is -2.47. The largest absolute Gasteiger partial charge is 0.390 e. The molecule has 0 aliphatic heterocycles. The molecule has 7 heteroatoms. The summed E-state index contributed by atoms with van der Waals surface area (Å²) in [5.74, 6) is 0.0863. The monoisotopic (exact) mass is 286 g/mol. The van der Waals surface area contributed by atoms with Crippen LogP contribution >= 0.6 is 12.4 Å². The van der Waals surface area contributed by atoms with E-state index in [1.54, 1.807) is 0 Å². The minimum absolute atomic E-state index is 0. The maximum atomic E-state index is 12.2. The minimum Gasteiger partial charge on any atom is -0.340 e. The van der Waals surface area contributed by atoms with Gasteiger partial charge in [0.1, 0.15) is 0 Å². The zero-order valence-corrected chi connectivity index (χ0v) is 10.8. The minimum atomic E-state index is -4.21. The number of halogens is 4. The van der Waals surface area contributed by atoms with Gasteiger partial charge in [0.15, 0.2) is 0 Å². The van der Waals surface area contributed by atoms with Crippen LogP contribution in [0.5, 0.6) is 0 Å². The molecule has 2 rings (SSSR count). The molecule has 0 bridgehead atoms. The SMILES string of the molecule is Cl.NC1(C(=O)N(CCC(F)(F)F)CC2CC2)CC1. The number of hydrogen-bond donors (Lipinski definition) is 1. The first-order valence-corrected chi connectivity index (χ1v) is 5.95. The van der Waals surface area contributed by atoms with Crippen LogP contribution in [0.3, 0.4) is 0 Å². The van der Waals surface area contributed by atoms with Gasteiger partial charge in [0.25, 0.3) is 0 Å². The number of alkyl halides is 3. The summed E-state index contributed by atoms with van der Waals surface area (Å²) in [6.45, 7) is 0.186. The van der Waals surface area contributed by atoms with Gasteiger partial charge in [-0.2, -0.15) is 13.2 Å². The summed E-state index contributed by atoms with van der Waals surface area (Å²) in [6, 6.07) is 0. The van der Waals surface area contributed by atoms with E-state index in [0.717, 1.165) is 12.8 Å². The molecule has 2 aliphatic rings. The number of nitrogens with zero attached hydrogens (tertiary/aromatic N) is 1. The van der Waals surface area contributed by atoms with Gasteiger partial charge < -0.3 is 10.6 Å². The van der Waals surface area contributed by atoms with Crippen molar-refractivity contribution in [2.45, 2.75) is 43.8 Å². The summed E-state index contributed by atoms with van der Waals surface area (Å²) in [6.07, 6.45) is -1.95. The lowest BCUT2D eigenvalue weighted by molar-refractivity contribution is -0.146. The molecule has 0 aromatic rings.